The van der Waals surface area contributed by atoms with E-state index in [9.17, 15) is 19.7 Å². The molecule has 3 heterocycles. The van der Waals surface area contributed by atoms with Crippen LogP contribution in [0.4, 0.5) is 4.39 Å². The molecule has 3 aromatic rings. The van der Waals surface area contributed by atoms with Gasteiger partial charge in [0.15, 0.2) is 0 Å². The lowest BCUT2D eigenvalue weighted by atomic mass is 9.93. The number of pyridine rings is 1. The van der Waals surface area contributed by atoms with Crippen molar-refractivity contribution >= 4 is 34.7 Å². The van der Waals surface area contributed by atoms with Crippen molar-refractivity contribution in [2.24, 2.45) is 0 Å². The number of ether oxygens (including phenoxy) is 1. The fraction of sp³-hybridized carbons (Fsp3) is 0.318. The molecule has 3 N–H and O–H groups in total. The summed E-state index contributed by atoms with van der Waals surface area (Å²) < 4.78 is 18.9. The number of thiophene rings is 1. The summed E-state index contributed by atoms with van der Waals surface area (Å²) in [5.41, 5.74) is 1.72. The molecule has 0 spiro atoms. The summed E-state index contributed by atoms with van der Waals surface area (Å²) in [6.45, 7) is 0. The molecule has 164 valence electrons. The SMILES string of the molecule is CSC1OC(c2ccc(Cl)c(Cc3ccc(-c4ccc(F)nc4)s3)c2)C(O)C(O)C1O. The molecule has 0 radical (unpaired) electrons. The molecule has 9 heteroatoms. The maximum absolute atomic E-state index is 13.1. The minimum absolute atomic E-state index is 0.516. The number of rotatable bonds is 5. The van der Waals surface area contributed by atoms with E-state index in [4.69, 9.17) is 16.3 Å². The Hall–Kier alpha value is -1.52. The maximum Gasteiger partial charge on any atom is 0.212 e. The molecule has 5 unspecified atom stereocenters. The second-order valence-electron chi connectivity index (χ2n) is 7.30. The van der Waals surface area contributed by atoms with Gasteiger partial charge in [0.05, 0.1) is 0 Å². The molecule has 0 amide bonds. The molecule has 1 aromatic carbocycles. The number of aliphatic hydroxyl groups excluding tert-OH is 3. The Bertz CT molecular complexity index is 1050. The molecule has 1 aliphatic heterocycles. The third-order valence-electron chi connectivity index (χ3n) is 5.24. The highest BCUT2D eigenvalue weighted by atomic mass is 35.5. The molecule has 4 rings (SSSR count). The van der Waals surface area contributed by atoms with Crippen molar-refractivity contribution in [1.82, 2.24) is 4.98 Å². The first kappa shape index (κ1) is 22.7. The molecule has 1 fully saturated rings. The molecular formula is C22H21ClFNO4S2. The molecule has 31 heavy (non-hydrogen) atoms. The topological polar surface area (TPSA) is 82.8 Å². The van der Waals surface area contributed by atoms with Crippen LogP contribution in [-0.2, 0) is 11.2 Å². The lowest BCUT2D eigenvalue weighted by Crippen LogP contribution is -2.52. The minimum Gasteiger partial charge on any atom is -0.387 e. The van der Waals surface area contributed by atoms with Crippen molar-refractivity contribution in [2.45, 2.75) is 36.3 Å². The summed E-state index contributed by atoms with van der Waals surface area (Å²) >= 11 is 9.26. The van der Waals surface area contributed by atoms with Gasteiger partial charge in [-0.2, -0.15) is 4.39 Å². The molecule has 5 nitrogen and oxygen atoms in total. The van der Waals surface area contributed by atoms with Crippen LogP contribution in [0.2, 0.25) is 5.02 Å². The van der Waals surface area contributed by atoms with Gasteiger partial charge in [-0.3, -0.25) is 0 Å². The van der Waals surface area contributed by atoms with E-state index in [2.05, 4.69) is 4.98 Å². The summed E-state index contributed by atoms with van der Waals surface area (Å²) in [5, 5.41) is 31.3. The molecule has 1 saturated heterocycles. The van der Waals surface area contributed by atoms with Gasteiger partial charge in [0.2, 0.25) is 5.95 Å². The van der Waals surface area contributed by atoms with Crippen molar-refractivity contribution in [3.63, 3.8) is 0 Å². The van der Waals surface area contributed by atoms with Crippen LogP contribution in [0.5, 0.6) is 0 Å². The van der Waals surface area contributed by atoms with Crippen LogP contribution in [0.3, 0.4) is 0 Å². The number of aliphatic hydroxyl groups is 3. The van der Waals surface area contributed by atoms with Gasteiger partial charge in [-0.05, 0) is 47.7 Å². The van der Waals surface area contributed by atoms with Gasteiger partial charge >= 0.3 is 0 Å². The highest BCUT2D eigenvalue weighted by molar-refractivity contribution is 7.99. The van der Waals surface area contributed by atoms with E-state index in [-0.39, 0.29) is 0 Å². The largest absolute Gasteiger partial charge is 0.387 e. The fourth-order valence-electron chi connectivity index (χ4n) is 3.56. The van der Waals surface area contributed by atoms with Crippen LogP contribution >= 0.6 is 34.7 Å². The summed E-state index contributed by atoms with van der Waals surface area (Å²) in [6.07, 6.45) is -0.678. The summed E-state index contributed by atoms with van der Waals surface area (Å²) in [7, 11) is 0. The van der Waals surface area contributed by atoms with Crippen molar-refractivity contribution in [1.29, 1.82) is 0 Å². The average Bonchev–Trinajstić information content (AvgIpc) is 3.23. The second-order valence-corrected chi connectivity index (χ2v) is 9.81. The molecular weight excluding hydrogens is 461 g/mol. The quantitative estimate of drug-likeness (QED) is 0.477. The van der Waals surface area contributed by atoms with Gasteiger partial charge in [-0.1, -0.05) is 23.7 Å². The summed E-state index contributed by atoms with van der Waals surface area (Å²) in [6, 6.07) is 12.3. The second kappa shape index (κ2) is 9.54. The molecule has 5 atom stereocenters. The first-order valence-electron chi connectivity index (χ1n) is 9.59. The van der Waals surface area contributed by atoms with E-state index in [0.29, 0.717) is 17.0 Å². The Balaban J connectivity index is 1.57. The van der Waals surface area contributed by atoms with E-state index < -0.39 is 35.8 Å². The standard InChI is InChI=1S/C22H21ClFNO4S2/c1-30-22-20(28)18(26)19(27)21(29-22)11-2-5-15(23)13(8-11)9-14-4-6-16(31-14)12-3-7-17(24)25-10-12/h2-8,10,18-22,26-28H,9H2,1H3. The van der Waals surface area contributed by atoms with Gasteiger partial charge in [0, 0.05) is 33.0 Å². The predicted molar refractivity (Wildman–Crippen MR) is 121 cm³/mol. The van der Waals surface area contributed by atoms with E-state index in [1.165, 1.54) is 24.0 Å². The van der Waals surface area contributed by atoms with Crippen molar-refractivity contribution < 1.29 is 24.4 Å². The van der Waals surface area contributed by atoms with Crippen LogP contribution in [0, 0.1) is 5.95 Å². The molecule has 0 saturated carbocycles. The molecule has 2 aromatic heterocycles. The molecule has 0 bridgehead atoms. The minimum atomic E-state index is -1.31. The number of nitrogens with zero attached hydrogens (tertiary/aromatic N) is 1. The molecule has 0 aliphatic carbocycles. The van der Waals surface area contributed by atoms with Gasteiger partial charge in [-0.25, -0.2) is 4.98 Å². The maximum atomic E-state index is 13.1. The van der Waals surface area contributed by atoms with Gasteiger partial charge in [-0.15, -0.1) is 23.1 Å². The van der Waals surface area contributed by atoms with Gasteiger partial charge < -0.3 is 20.1 Å². The van der Waals surface area contributed by atoms with Crippen LogP contribution in [0.15, 0.2) is 48.7 Å². The van der Waals surface area contributed by atoms with Crippen LogP contribution in [0.1, 0.15) is 22.1 Å². The predicted octanol–water partition coefficient (Wildman–Crippen LogP) is 4.04. The number of thioether (sulfide) groups is 1. The van der Waals surface area contributed by atoms with Crippen molar-refractivity contribution in [3.05, 3.63) is 75.6 Å². The third kappa shape index (κ3) is 4.80. The lowest BCUT2D eigenvalue weighted by molar-refractivity contribution is -0.200. The highest BCUT2D eigenvalue weighted by Gasteiger charge is 2.44. The van der Waals surface area contributed by atoms with Gasteiger partial charge in [0.25, 0.3) is 0 Å². The van der Waals surface area contributed by atoms with Gasteiger partial charge in [0.1, 0.15) is 29.9 Å². The van der Waals surface area contributed by atoms with Crippen molar-refractivity contribution in [3.8, 4) is 10.4 Å². The number of hydrogen-bond acceptors (Lipinski definition) is 7. The van der Waals surface area contributed by atoms with E-state index in [1.807, 2.05) is 18.2 Å². The number of aromatic nitrogens is 1. The fourth-order valence-corrected chi connectivity index (χ4v) is 5.44. The first-order valence-corrected chi connectivity index (χ1v) is 12.1. The Kier molecular flexibility index (Phi) is 6.98. The van der Waals surface area contributed by atoms with Crippen molar-refractivity contribution in [2.75, 3.05) is 6.26 Å². The zero-order chi connectivity index (χ0) is 22.1. The van der Waals surface area contributed by atoms with Crippen LogP contribution in [-0.4, -0.2) is 50.3 Å². The summed E-state index contributed by atoms with van der Waals surface area (Å²) in [5.74, 6) is -0.516. The van der Waals surface area contributed by atoms with E-state index in [0.717, 1.165) is 20.9 Å². The average molecular weight is 482 g/mol. The third-order valence-corrected chi connectivity index (χ3v) is 7.60. The lowest BCUT2D eigenvalue weighted by Gasteiger charge is -2.40. The normalized spacial score (nSPS) is 26.2. The monoisotopic (exact) mass is 481 g/mol. The Morgan fingerprint density at radius 1 is 1.10 bits per heavy atom. The smallest absolute Gasteiger partial charge is 0.212 e. The zero-order valence-electron chi connectivity index (χ0n) is 16.5. The molecule has 1 aliphatic rings. The Morgan fingerprint density at radius 2 is 1.90 bits per heavy atom. The van der Waals surface area contributed by atoms with E-state index in [1.54, 1.807) is 35.8 Å². The van der Waals surface area contributed by atoms with Crippen LogP contribution in [0.25, 0.3) is 10.4 Å². The summed E-state index contributed by atoms with van der Waals surface area (Å²) in [4.78, 5) is 5.73. The number of benzene rings is 1. The Morgan fingerprint density at radius 3 is 2.61 bits per heavy atom. The number of halogens is 2. The van der Waals surface area contributed by atoms with Crippen LogP contribution < -0.4 is 0 Å². The highest BCUT2D eigenvalue weighted by Crippen LogP contribution is 2.37. The number of hydrogen-bond donors (Lipinski definition) is 3. The first-order chi connectivity index (χ1) is 14.9. The van der Waals surface area contributed by atoms with E-state index >= 15 is 0 Å². The Labute approximate surface area is 192 Å². The zero-order valence-corrected chi connectivity index (χ0v) is 18.9.